The maximum atomic E-state index is 13.7. The highest BCUT2D eigenvalue weighted by molar-refractivity contribution is 5.96. The molecule has 7 nitrogen and oxygen atoms in total. The Labute approximate surface area is 172 Å². The number of piperidine rings is 1. The van der Waals surface area contributed by atoms with Gasteiger partial charge in [0.2, 0.25) is 5.88 Å². The van der Waals surface area contributed by atoms with Crippen molar-refractivity contribution in [1.29, 1.82) is 0 Å². The molecule has 1 fully saturated rings. The lowest BCUT2D eigenvalue weighted by Crippen LogP contribution is -2.39. The summed E-state index contributed by atoms with van der Waals surface area (Å²) in [6, 6.07) is 4.79. The van der Waals surface area contributed by atoms with Gasteiger partial charge in [-0.05, 0) is 44.9 Å². The van der Waals surface area contributed by atoms with Gasteiger partial charge in [-0.3, -0.25) is 4.79 Å². The van der Waals surface area contributed by atoms with Crippen LogP contribution in [0.1, 0.15) is 59.4 Å². The number of rotatable bonds is 5. The molecule has 1 aliphatic rings. The topological polar surface area (TPSA) is 81.4 Å². The van der Waals surface area contributed by atoms with Gasteiger partial charge in [-0.1, -0.05) is 5.16 Å². The van der Waals surface area contributed by atoms with Gasteiger partial charge in [0.25, 0.3) is 18.0 Å². The van der Waals surface area contributed by atoms with E-state index >= 15 is 0 Å². The molecule has 1 atom stereocenters. The van der Waals surface area contributed by atoms with Crippen molar-refractivity contribution in [2.75, 3.05) is 19.7 Å². The molecule has 0 unspecified atom stereocenters. The molecule has 9 heteroatoms. The number of halogens is 2. The number of amides is 1. The van der Waals surface area contributed by atoms with Crippen molar-refractivity contribution >= 4 is 17.0 Å². The first kappa shape index (κ1) is 20.2. The van der Waals surface area contributed by atoms with E-state index in [-0.39, 0.29) is 28.5 Å². The van der Waals surface area contributed by atoms with E-state index in [4.69, 9.17) is 9.26 Å². The molecule has 1 aliphatic heterocycles. The third-order valence-electron chi connectivity index (χ3n) is 5.31. The fourth-order valence-corrected chi connectivity index (χ4v) is 3.91. The van der Waals surface area contributed by atoms with Gasteiger partial charge in [0.05, 0.1) is 17.7 Å². The Morgan fingerprint density at radius 2 is 2.27 bits per heavy atom. The summed E-state index contributed by atoms with van der Waals surface area (Å²) in [5, 5.41) is 4.04. The van der Waals surface area contributed by atoms with E-state index in [1.165, 1.54) is 6.07 Å². The summed E-state index contributed by atoms with van der Waals surface area (Å²) in [7, 11) is 0. The Kier molecular flexibility index (Phi) is 5.61. The van der Waals surface area contributed by atoms with Gasteiger partial charge in [-0.25, -0.2) is 18.7 Å². The predicted octanol–water partition coefficient (Wildman–Crippen LogP) is 4.28. The number of aryl methyl sites for hydroxylation is 1. The number of nitrogens with zero attached hydrogens (tertiary/aromatic N) is 4. The summed E-state index contributed by atoms with van der Waals surface area (Å²) in [5.74, 6) is -0.0760. The highest BCUT2D eigenvalue weighted by Crippen LogP contribution is 2.34. The third-order valence-corrected chi connectivity index (χ3v) is 5.31. The first-order valence-corrected chi connectivity index (χ1v) is 9.91. The van der Waals surface area contributed by atoms with Gasteiger partial charge < -0.3 is 14.2 Å². The van der Waals surface area contributed by atoms with Crippen LogP contribution >= 0.6 is 0 Å². The highest BCUT2D eigenvalue weighted by atomic mass is 19.3. The molecule has 3 aromatic heterocycles. The van der Waals surface area contributed by atoms with Crippen molar-refractivity contribution in [3.63, 3.8) is 0 Å². The second kappa shape index (κ2) is 8.33. The number of fused-ring (bicyclic) bond motifs is 1. The fraction of sp³-hybridized carbons (Fsp3) is 0.429. The first-order valence-electron chi connectivity index (χ1n) is 9.91. The Hall–Kier alpha value is -3.10. The van der Waals surface area contributed by atoms with E-state index in [0.29, 0.717) is 42.5 Å². The van der Waals surface area contributed by atoms with Crippen LogP contribution in [0.3, 0.4) is 0 Å². The minimum atomic E-state index is -2.67. The molecule has 1 saturated heterocycles. The van der Waals surface area contributed by atoms with Gasteiger partial charge >= 0.3 is 0 Å². The number of pyridine rings is 2. The molecule has 4 heterocycles. The zero-order valence-corrected chi connectivity index (χ0v) is 16.8. The van der Waals surface area contributed by atoms with E-state index in [0.717, 1.165) is 12.8 Å². The summed E-state index contributed by atoms with van der Waals surface area (Å²) in [5.41, 5.74) is 1.24. The van der Waals surface area contributed by atoms with Gasteiger partial charge in [-0.2, -0.15) is 0 Å². The molecule has 0 saturated carbocycles. The highest BCUT2D eigenvalue weighted by Gasteiger charge is 2.30. The molecule has 3 aromatic rings. The number of ether oxygens (including phenoxy) is 1. The summed E-state index contributed by atoms with van der Waals surface area (Å²) in [6.07, 6.45) is 0.381. The Bertz CT molecular complexity index is 1070. The lowest BCUT2D eigenvalue weighted by Gasteiger charge is -2.32. The number of aromatic nitrogens is 3. The van der Waals surface area contributed by atoms with E-state index < -0.39 is 6.43 Å². The van der Waals surface area contributed by atoms with Crippen molar-refractivity contribution in [2.45, 2.75) is 39.0 Å². The predicted molar refractivity (Wildman–Crippen MR) is 105 cm³/mol. The Morgan fingerprint density at radius 3 is 3.03 bits per heavy atom. The van der Waals surface area contributed by atoms with Gasteiger partial charge in [0.1, 0.15) is 5.56 Å². The van der Waals surface area contributed by atoms with Gasteiger partial charge in [-0.15, -0.1) is 0 Å². The molecule has 1 amide bonds. The van der Waals surface area contributed by atoms with E-state index in [1.807, 2.05) is 6.92 Å². The van der Waals surface area contributed by atoms with Crippen molar-refractivity contribution in [3.8, 4) is 5.88 Å². The van der Waals surface area contributed by atoms with Crippen molar-refractivity contribution in [1.82, 2.24) is 20.0 Å². The second-order valence-electron chi connectivity index (χ2n) is 7.26. The van der Waals surface area contributed by atoms with Gasteiger partial charge in [0.15, 0.2) is 0 Å². The second-order valence-corrected chi connectivity index (χ2v) is 7.26. The maximum absolute atomic E-state index is 13.7. The number of likely N-dealkylation sites (tertiary alicyclic amines) is 1. The van der Waals surface area contributed by atoms with Crippen LogP contribution in [-0.4, -0.2) is 45.6 Å². The van der Waals surface area contributed by atoms with Crippen LogP contribution in [0.25, 0.3) is 11.1 Å². The average molecular weight is 416 g/mol. The first-order chi connectivity index (χ1) is 14.5. The van der Waals surface area contributed by atoms with E-state index in [9.17, 15) is 13.6 Å². The molecule has 4 rings (SSSR count). The van der Waals surface area contributed by atoms with Crippen LogP contribution in [0.2, 0.25) is 0 Å². The number of hydrogen-bond donors (Lipinski definition) is 0. The fourth-order valence-electron chi connectivity index (χ4n) is 3.91. The quantitative estimate of drug-likeness (QED) is 0.617. The Morgan fingerprint density at radius 1 is 1.43 bits per heavy atom. The number of carbonyl (C=O) groups is 1. The molecule has 30 heavy (non-hydrogen) atoms. The zero-order chi connectivity index (χ0) is 21.3. The minimum Gasteiger partial charge on any atom is -0.477 e. The lowest BCUT2D eigenvalue weighted by molar-refractivity contribution is 0.0700. The number of alkyl halides is 2. The van der Waals surface area contributed by atoms with Crippen LogP contribution in [0.5, 0.6) is 5.88 Å². The van der Waals surface area contributed by atoms with Crippen molar-refractivity contribution in [3.05, 3.63) is 46.9 Å². The molecular weight excluding hydrogens is 394 g/mol. The molecule has 0 spiro atoms. The summed E-state index contributed by atoms with van der Waals surface area (Å²) >= 11 is 0. The molecule has 0 radical (unpaired) electrons. The smallest absolute Gasteiger partial charge is 0.264 e. The maximum Gasteiger partial charge on any atom is 0.264 e. The van der Waals surface area contributed by atoms with Gasteiger partial charge in [0, 0.05) is 36.5 Å². The van der Waals surface area contributed by atoms with Crippen LogP contribution in [0.4, 0.5) is 8.78 Å². The molecule has 0 N–H and O–H groups in total. The van der Waals surface area contributed by atoms with Crippen molar-refractivity contribution < 1.29 is 22.8 Å². The monoisotopic (exact) mass is 416 g/mol. The van der Waals surface area contributed by atoms with Crippen LogP contribution in [-0.2, 0) is 0 Å². The summed E-state index contributed by atoms with van der Waals surface area (Å²) in [6.45, 7) is 4.78. The molecule has 0 aromatic carbocycles. The molecule has 0 bridgehead atoms. The Balaban J connectivity index is 1.63. The average Bonchev–Trinajstić information content (AvgIpc) is 3.14. The van der Waals surface area contributed by atoms with E-state index in [2.05, 4.69) is 15.1 Å². The number of carbonyl (C=O) groups excluding carboxylic acids is 1. The molecule has 0 aliphatic carbocycles. The molecular formula is C21H22F2N4O3. The number of hydrogen-bond acceptors (Lipinski definition) is 6. The third kappa shape index (κ3) is 3.71. The van der Waals surface area contributed by atoms with Crippen LogP contribution in [0, 0.1) is 6.92 Å². The minimum absolute atomic E-state index is 0.106. The van der Waals surface area contributed by atoms with Crippen LogP contribution < -0.4 is 4.74 Å². The van der Waals surface area contributed by atoms with Crippen LogP contribution in [0.15, 0.2) is 28.9 Å². The van der Waals surface area contributed by atoms with E-state index in [1.54, 1.807) is 30.2 Å². The zero-order valence-electron chi connectivity index (χ0n) is 16.8. The summed E-state index contributed by atoms with van der Waals surface area (Å²) < 4.78 is 38.0. The normalized spacial score (nSPS) is 17.0. The van der Waals surface area contributed by atoms with Crippen molar-refractivity contribution in [2.24, 2.45) is 0 Å². The summed E-state index contributed by atoms with van der Waals surface area (Å²) in [4.78, 5) is 23.4. The molecule has 158 valence electrons. The SMILES string of the molecule is CCOc1ncccc1C(=O)N1CCC[C@H](c2cc(C(F)F)c3c(C)noc3n2)C1. The standard InChI is InChI=1S/C21H22F2N4O3/c1-3-29-19-14(7-4-8-24-19)21(28)27-9-5-6-13(11-27)16-10-15(18(22)23)17-12(2)26-30-20(17)25-16/h4,7-8,10,13,18H,3,5-6,9,11H2,1-2H3/t13-/m0/s1. The largest absolute Gasteiger partial charge is 0.477 e. The lowest BCUT2D eigenvalue weighted by atomic mass is 9.92.